The molecule has 3 heteroatoms. The molecule has 1 saturated heterocycles. The number of nitrogens with zero attached hydrogens (tertiary/aromatic N) is 1. The molecule has 1 fully saturated rings. The summed E-state index contributed by atoms with van der Waals surface area (Å²) in [4.78, 5) is 0. The number of hydrogen-bond donors (Lipinski definition) is 1. The normalized spacial score (nSPS) is 16.2. The Morgan fingerprint density at radius 1 is 1.07 bits per heavy atom. The fourth-order valence-electron chi connectivity index (χ4n) is 4.42. The molecule has 2 nitrogen and oxygen atoms in total. The average Bonchev–Trinajstić information content (AvgIpc) is 3.13. The van der Waals surface area contributed by atoms with Gasteiger partial charge in [0.1, 0.15) is 5.75 Å². The van der Waals surface area contributed by atoms with Gasteiger partial charge in [-0.2, -0.15) is 0 Å². The minimum absolute atomic E-state index is 0. The van der Waals surface area contributed by atoms with Crippen LogP contribution < -0.4 is 17.0 Å². The number of quaternary nitrogens is 1. The van der Waals surface area contributed by atoms with E-state index in [0.717, 1.165) is 25.1 Å². The van der Waals surface area contributed by atoms with Gasteiger partial charge >= 0.3 is 0 Å². The van der Waals surface area contributed by atoms with Crippen LogP contribution in [-0.2, 0) is 0 Å². The molecule has 152 valence electrons. The summed E-state index contributed by atoms with van der Waals surface area (Å²) < 4.78 is 1.20. The highest BCUT2D eigenvalue weighted by Crippen LogP contribution is 2.36. The largest absolute Gasteiger partial charge is 1.00 e. The van der Waals surface area contributed by atoms with Crippen molar-refractivity contribution in [3.8, 4) is 5.75 Å². The Hall–Kier alpha value is -1.58. The number of benzene rings is 2. The van der Waals surface area contributed by atoms with Gasteiger partial charge in [0.25, 0.3) is 0 Å². The van der Waals surface area contributed by atoms with Gasteiger partial charge in [0.2, 0.25) is 0 Å². The first-order chi connectivity index (χ1) is 13.0. The fourth-order valence-corrected chi connectivity index (χ4v) is 4.42. The molecule has 2 aromatic rings. The SMILES string of the molecule is CC(C)=CC[N+]1(CCC(c2ccccc2)c2cc(C)ccc2O)CCCC1.[Br-]. The maximum atomic E-state index is 10.6. The molecule has 0 saturated carbocycles. The molecule has 0 radical (unpaired) electrons. The van der Waals surface area contributed by atoms with E-state index < -0.39 is 0 Å². The molecule has 0 aromatic heterocycles. The van der Waals surface area contributed by atoms with Crippen molar-refractivity contribution in [2.75, 3.05) is 26.2 Å². The summed E-state index contributed by atoms with van der Waals surface area (Å²) in [5.74, 6) is 0.667. The molecule has 0 aliphatic carbocycles. The molecule has 1 N–H and O–H groups in total. The first-order valence-corrected chi connectivity index (χ1v) is 10.3. The Morgan fingerprint density at radius 3 is 2.39 bits per heavy atom. The van der Waals surface area contributed by atoms with Crippen molar-refractivity contribution < 1.29 is 26.6 Å². The van der Waals surface area contributed by atoms with Crippen LogP contribution in [0.2, 0.25) is 0 Å². The summed E-state index contributed by atoms with van der Waals surface area (Å²) in [6.07, 6.45) is 6.15. The number of aromatic hydroxyl groups is 1. The molecular weight excluding hydrogens is 410 g/mol. The predicted octanol–water partition coefficient (Wildman–Crippen LogP) is 2.80. The van der Waals surface area contributed by atoms with E-state index in [9.17, 15) is 5.11 Å². The van der Waals surface area contributed by atoms with E-state index in [-0.39, 0.29) is 22.9 Å². The molecule has 28 heavy (non-hydrogen) atoms. The van der Waals surface area contributed by atoms with Crippen LogP contribution in [0.3, 0.4) is 0 Å². The lowest BCUT2D eigenvalue weighted by Crippen LogP contribution is -3.00. The standard InChI is InChI=1S/C25H33NO.BrH/c1-20(2)13-17-26(15-7-8-16-26)18-14-23(22-9-5-4-6-10-22)24-19-21(3)11-12-25(24)27;/h4-6,9-13,19,23H,7-8,14-18H2,1-3H3;1H. The smallest absolute Gasteiger partial charge is 0.119 e. The van der Waals surface area contributed by atoms with E-state index in [1.54, 1.807) is 0 Å². The van der Waals surface area contributed by atoms with Crippen molar-refractivity contribution in [1.82, 2.24) is 0 Å². The van der Waals surface area contributed by atoms with Gasteiger partial charge < -0.3 is 26.6 Å². The van der Waals surface area contributed by atoms with Gasteiger partial charge in [0.15, 0.2) is 0 Å². The zero-order chi connectivity index (χ0) is 19.3. The molecule has 1 unspecified atom stereocenters. The van der Waals surface area contributed by atoms with Crippen molar-refractivity contribution in [3.63, 3.8) is 0 Å². The van der Waals surface area contributed by atoms with Crippen LogP contribution in [0, 0.1) is 6.92 Å². The van der Waals surface area contributed by atoms with Gasteiger partial charge in [-0.05, 0) is 38.5 Å². The number of rotatable bonds is 7. The zero-order valence-corrected chi connectivity index (χ0v) is 19.1. The second-order valence-corrected chi connectivity index (χ2v) is 8.50. The average molecular weight is 444 g/mol. The molecule has 0 bridgehead atoms. The molecule has 1 aliphatic rings. The zero-order valence-electron chi connectivity index (χ0n) is 17.5. The minimum Gasteiger partial charge on any atom is -1.00 e. The van der Waals surface area contributed by atoms with Crippen LogP contribution in [0.25, 0.3) is 0 Å². The van der Waals surface area contributed by atoms with Crippen LogP contribution in [0.15, 0.2) is 60.2 Å². The fraction of sp³-hybridized carbons (Fsp3) is 0.440. The number of phenols is 1. The first kappa shape index (κ1) is 22.7. The van der Waals surface area contributed by atoms with Gasteiger partial charge in [-0.25, -0.2) is 0 Å². The molecule has 1 aliphatic heterocycles. The van der Waals surface area contributed by atoms with Crippen LogP contribution >= 0.6 is 0 Å². The Morgan fingerprint density at radius 2 is 1.75 bits per heavy atom. The number of likely N-dealkylation sites (tertiary alicyclic amines) is 1. The third-order valence-electron chi connectivity index (χ3n) is 6.05. The van der Waals surface area contributed by atoms with E-state index in [2.05, 4.69) is 63.2 Å². The van der Waals surface area contributed by atoms with Crippen molar-refractivity contribution in [1.29, 1.82) is 0 Å². The number of hydrogen-bond acceptors (Lipinski definition) is 1. The molecule has 3 rings (SSSR count). The van der Waals surface area contributed by atoms with E-state index in [1.807, 2.05) is 12.1 Å². The highest BCUT2D eigenvalue weighted by atomic mass is 79.9. The highest BCUT2D eigenvalue weighted by molar-refractivity contribution is 5.43. The summed E-state index contributed by atoms with van der Waals surface area (Å²) in [6.45, 7) is 11.4. The molecule has 1 atom stereocenters. The van der Waals surface area contributed by atoms with Gasteiger partial charge in [0.05, 0.1) is 26.2 Å². The summed E-state index contributed by atoms with van der Waals surface area (Å²) in [5, 5.41) is 10.6. The van der Waals surface area contributed by atoms with Crippen molar-refractivity contribution in [2.24, 2.45) is 0 Å². The van der Waals surface area contributed by atoms with Crippen molar-refractivity contribution in [3.05, 3.63) is 76.9 Å². The summed E-state index contributed by atoms with van der Waals surface area (Å²) in [6, 6.07) is 16.7. The van der Waals surface area contributed by atoms with E-state index in [1.165, 1.54) is 47.1 Å². The molecule has 2 aromatic carbocycles. The van der Waals surface area contributed by atoms with Gasteiger partial charge in [0, 0.05) is 30.7 Å². The Labute approximate surface area is 181 Å². The van der Waals surface area contributed by atoms with E-state index >= 15 is 0 Å². The monoisotopic (exact) mass is 443 g/mol. The van der Waals surface area contributed by atoms with E-state index in [0.29, 0.717) is 5.75 Å². The number of phenolic OH excluding ortho intramolecular Hbond substituents is 1. The second-order valence-electron chi connectivity index (χ2n) is 8.50. The quantitative estimate of drug-likeness (QED) is 0.515. The maximum Gasteiger partial charge on any atom is 0.119 e. The van der Waals surface area contributed by atoms with Crippen molar-refractivity contribution in [2.45, 2.75) is 46.0 Å². The first-order valence-electron chi connectivity index (χ1n) is 10.3. The summed E-state index contributed by atoms with van der Waals surface area (Å²) >= 11 is 0. The van der Waals surface area contributed by atoms with Gasteiger partial charge in [-0.15, -0.1) is 0 Å². The van der Waals surface area contributed by atoms with Crippen molar-refractivity contribution >= 4 is 0 Å². The lowest BCUT2D eigenvalue weighted by atomic mass is 9.86. The van der Waals surface area contributed by atoms with Gasteiger partial charge in [-0.1, -0.05) is 53.6 Å². The number of aryl methyl sites for hydroxylation is 1. The topological polar surface area (TPSA) is 20.2 Å². The molecular formula is C25H34BrNO. The summed E-state index contributed by atoms with van der Waals surface area (Å²) in [5.41, 5.74) is 4.99. The van der Waals surface area contributed by atoms with Crippen LogP contribution in [-0.4, -0.2) is 35.8 Å². The summed E-state index contributed by atoms with van der Waals surface area (Å²) in [7, 11) is 0. The third-order valence-corrected chi connectivity index (χ3v) is 6.05. The third kappa shape index (κ3) is 5.71. The molecule has 0 amide bonds. The second kappa shape index (κ2) is 10.3. The molecule has 1 heterocycles. The number of allylic oxidation sites excluding steroid dienone is 1. The number of halogens is 1. The van der Waals surface area contributed by atoms with E-state index in [4.69, 9.17) is 0 Å². The Kier molecular flexibility index (Phi) is 8.33. The lowest BCUT2D eigenvalue weighted by Gasteiger charge is -2.35. The minimum atomic E-state index is 0. The van der Waals surface area contributed by atoms with Crippen LogP contribution in [0.1, 0.15) is 55.7 Å². The molecule has 0 spiro atoms. The van der Waals surface area contributed by atoms with Gasteiger partial charge in [-0.3, -0.25) is 0 Å². The maximum absolute atomic E-state index is 10.6. The van der Waals surface area contributed by atoms with Crippen LogP contribution in [0.4, 0.5) is 0 Å². The predicted molar refractivity (Wildman–Crippen MR) is 114 cm³/mol. The van der Waals surface area contributed by atoms with Crippen LogP contribution in [0.5, 0.6) is 5.75 Å². The lowest BCUT2D eigenvalue weighted by molar-refractivity contribution is -0.911. The Bertz CT molecular complexity index is 774. The Balaban J connectivity index is 0.00000280. The highest BCUT2D eigenvalue weighted by Gasteiger charge is 2.32.